The number of carbonyl (C=O) groups excluding carboxylic acids is 3. The first-order valence-corrected chi connectivity index (χ1v) is 13.8. The molecule has 2 aromatic carbocycles. The van der Waals surface area contributed by atoms with Crippen molar-refractivity contribution in [1.82, 2.24) is 9.79 Å². The fourth-order valence-corrected chi connectivity index (χ4v) is 5.28. The van der Waals surface area contributed by atoms with Crippen LogP contribution in [0.3, 0.4) is 0 Å². The first kappa shape index (κ1) is 31.6. The zero-order valence-electron chi connectivity index (χ0n) is 22.5. The number of ether oxygens (including phenoxy) is 1. The van der Waals surface area contributed by atoms with E-state index in [0.29, 0.717) is 12.2 Å². The molecule has 1 aliphatic heterocycles. The van der Waals surface area contributed by atoms with Crippen LogP contribution in [0.5, 0.6) is 0 Å². The smallest absolute Gasteiger partial charge is 0.414 e. The van der Waals surface area contributed by atoms with Crippen LogP contribution >= 0.6 is 0 Å². The molecule has 1 heterocycles. The summed E-state index contributed by atoms with van der Waals surface area (Å²) in [5, 5.41) is 4.52. The zero-order chi connectivity index (χ0) is 30.3. The molecule has 3 amide bonds. The summed E-state index contributed by atoms with van der Waals surface area (Å²) in [7, 11) is -2.89. The van der Waals surface area contributed by atoms with Crippen molar-refractivity contribution < 1.29 is 45.5 Å². The van der Waals surface area contributed by atoms with Crippen molar-refractivity contribution in [3.8, 4) is 0 Å². The fraction of sp³-hybridized carbons (Fsp3) is 0.400. The first-order valence-electron chi connectivity index (χ1n) is 12.4. The van der Waals surface area contributed by atoms with E-state index in [1.54, 1.807) is 11.8 Å². The van der Waals surface area contributed by atoms with Gasteiger partial charge in [-0.1, -0.05) is 4.47 Å². The number of amides is 3. The van der Waals surface area contributed by atoms with Gasteiger partial charge >= 0.3 is 12.5 Å². The molecule has 16 heteroatoms. The fourth-order valence-electron chi connectivity index (χ4n) is 4.04. The summed E-state index contributed by atoms with van der Waals surface area (Å²) < 4.78 is 71.9. The van der Waals surface area contributed by atoms with E-state index < -0.39 is 40.4 Å². The van der Waals surface area contributed by atoms with Gasteiger partial charge in [-0.15, -0.1) is 0 Å². The number of sulfonamides is 1. The summed E-state index contributed by atoms with van der Waals surface area (Å²) in [5.74, 6) is -2.50. The number of likely N-dealkylation sites (N-methyl/N-ethyl adjacent to an activating group) is 1. The third kappa shape index (κ3) is 7.86. The minimum absolute atomic E-state index is 0.0431. The van der Waals surface area contributed by atoms with Crippen molar-refractivity contribution in [3.05, 3.63) is 48.3 Å². The van der Waals surface area contributed by atoms with Crippen LogP contribution in [0.25, 0.3) is 0 Å². The molecule has 1 aliphatic rings. The van der Waals surface area contributed by atoms with Crippen LogP contribution in [-0.2, 0) is 29.2 Å². The average molecular weight is 602 g/mol. The summed E-state index contributed by atoms with van der Waals surface area (Å²) in [5.41, 5.74) is 0.712. The van der Waals surface area contributed by atoms with Crippen LogP contribution in [0.15, 0.2) is 47.4 Å². The number of carbonyl (C=O) groups is 3. The van der Waals surface area contributed by atoms with E-state index in [1.165, 1.54) is 50.4 Å². The van der Waals surface area contributed by atoms with Gasteiger partial charge in [-0.25, -0.2) is 17.6 Å². The number of nitrogens with zero attached hydrogens (tertiary/aromatic N) is 3. The van der Waals surface area contributed by atoms with E-state index in [9.17, 15) is 31.6 Å². The number of hydroxylamine groups is 1. The lowest BCUT2D eigenvalue weighted by Gasteiger charge is -2.27. The Bertz CT molecular complexity index is 1360. The number of alkyl halides is 2. The van der Waals surface area contributed by atoms with E-state index >= 15 is 4.39 Å². The molecule has 0 unspecified atom stereocenters. The predicted octanol–water partition coefficient (Wildman–Crippen LogP) is 2.57. The molecule has 41 heavy (non-hydrogen) atoms. The number of anilines is 3. The third-order valence-electron chi connectivity index (χ3n) is 6.04. The maximum atomic E-state index is 15.2. The molecule has 0 bridgehead atoms. The second kappa shape index (κ2) is 13.6. The molecule has 224 valence electrons. The average Bonchev–Trinajstić information content (AvgIpc) is 3.30. The van der Waals surface area contributed by atoms with Crippen LogP contribution in [0.4, 0.5) is 35.0 Å². The number of benzene rings is 2. The van der Waals surface area contributed by atoms with Crippen molar-refractivity contribution >= 4 is 45.0 Å². The summed E-state index contributed by atoms with van der Waals surface area (Å²) in [4.78, 5) is 42.2. The Kier molecular flexibility index (Phi) is 10.5. The SMILES string of the molecule is CCN(CCN(OC)S(=O)(=O)c1ccc(NC(C)=O)cc1)c1ccc(N2C[C@H](CNC(=O)C(F)F)OC2=O)cc1F. The molecule has 0 spiro atoms. The molecule has 0 radical (unpaired) electrons. The van der Waals surface area contributed by atoms with Crippen LogP contribution in [0, 0.1) is 5.82 Å². The van der Waals surface area contributed by atoms with Gasteiger partial charge in [0.15, 0.2) is 0 Å². The van der Waals surface area contributed by atoms with Crippen LogP contribution in [0.2, 0.25) is 0 Å². The maximum absolute atomic E-state index is 15.2. The number of rotatable bonds is 13. The monoisotopic (exact) mass is 601 g/mol. The Morgan fingerprint density at radius 3 is 2.41 bits per heavy atom. The predicted molar refractivity (Wildman–Crippen MR) is 143 cm³/mol. The summed E-state index contributed by atoms with van der Waals surface area (Å²) in [6.07, 6.45) is -4.93. The molecule has 2 N–H and O–H groups in total. The lowest BCUT2D eigenvalue weighted by atomic mass is 10.2. The van der Waals surface area contributed by atoms with E-state index in [0.717, 1.165) is 15.4 Å². The van der Waals surface area contributed by atoms with Gasteiger partial charge in [0.1, 0.15) is 11.9 Å². The van der Waals surface area contributed by atoms with Crippen molar-refractivity contribution in [1.29, 1.82) is 0 Å². The normalized spacial score (nSPS) is 15.3. The number of halogens is 3. The van der Waals surface area contributed by atoms with Crippen molar-refractivity contribution in [2.45, 2.75) is 31.3 Å². The lowest BCUT2D eigenvalue weighted by molar-refractivity contribution is -0.132. The van der Waals surface area contributed by atoms with Crippen molar-refractivity contribution in [2.75, 3.05) is 55.0 Å². The number of nitrogens with one attached hydrogen (secondary N) is 2. The second-order valence-corrected chi connectivity index (χ2v) is 10.6. The van der Waals surface area contributed by atoms with Crippen LogP contribution in [0.1, 0.15) is 13.8 Å². The van der Waals surface area contributed by atoms with Gasteiger partial charge in [-0.05, 0) is 49.4 Å². The van der Waals surface area contributed by atoms with E-state index in [1.807, 2.05) is 5.32 Å². The minimum Gasteiger partial charge on any atom is -0.442 e. The van der Waals surface area contributed by atoms with E-state index in [-0.39, 0.29) is 48.4 Å². The molecule has 0 saturated carbocycles. The zero-order valence-corrected chi connectivity index (χ0v) is 23.3. The first-order chi connectivity index (χ1) is 19.4. The molecular weight excluding hydrogens is 571 g/mol. The highest BCUT2D eigenvalue weighted by Gasteiger charge is 2.34. The largest absolute Gasteiger partial charge is 0.442 e. The van der Waals surface area contributed by atoms with Gasteiger partial charge < -0.3 is 20.3 Å². The molecule has 0 aromatic heterocycles. The van der Waals surface area contributed by atoms with Crippen LogP contribution < -0.4 is 20.4 Å². The molecule has 3 rings (SSSR count). The number of hydrogen-bond donors (Lipinski definition) is 2. The van der Waals surface area contributed by atoms with Gasteiger partial charge in [-0.3, -0.25) is 19.3 Å². The highest BCUT2D eigenvalue weighted by molar-refractivity contribution is 7.89. The highest BCUT2D eigenvalue weighted by atomic mass is 32.2. The molecule has 0 aliphatic carbocycles. The Balaban J connectivity index is 1.67. The molecule has 1 atom stereocenters. The van der Waals surface area contributed by atoms with Gasteiger partial charge in [-0.2, -0.15) is 8.78 Å². The van der Waals surface area contributed by atoms with Crippen molar-refractivity contribution in [2.24, 2.45) is 0 Å². The Hall–Kier alpha value is -3.89. The van der Waals surface area contributed by atoms with Gasteiger partial charge in [0.05, 0.1) is 43.0 Å². The Morgan fingerprint density at radius 2 is 1.85 bits per heavy atom. The Morgan fingerprint density at radius 1 is 1.17 bits per heavy atom. The molecule has 12 nitrogen and oxygen atoms in total. The van der Waals surface area contributed by atoms with Gasteiger partial charge in [0, 0.05) is 25.7 Å². The lowest BCUT2D eigenvalue weighted by Crippen LogP contribution is -2.38. The summed E-state index contributed by atoms with van der Waals surface area (Å²) in [6.45, 7) is 2.84. The maximum Gasteiger partial charge on any atom is 0.414 e. The van der Waals surface area contributed by atoms with E-state index in [4.69, 9.17) is 9.57 Å². The molecule has 2 aromatic rings. The highest BCUT2D eigenvalue weighted by Crippen LogP contribution is 2.28. The van der Waals surface area contributed by atoms with Crippen LogP contribution in [-0.4, -0.2) is 83.2 Å². The number of hydrogen-bond acceptors (Lipinski definition) is 8. The molecule has 1 saturated heterocycles. The topological polar surface area (TPSA) is 138 Å². The summed E-state index contributed by atoms with van der Waals surface area (Å²) in [6, 6.07) is 9.50. The molecule has 1 fully saturated rings. The van der Waals surface area contributed by atoms with Gasteiger partial charge in [0.2, 0.25) is 5.91 Å². The standard InChI is InChI=1S/C25H30F3N5O7S/c1-4-31(11-12-33(39-3)41(37,38)20-8-5-17(6-9-20)30-16(2)34)22-10-7-18(13-21(22)26)32-15-19(40-25(32)36)14-29-24(35)23(27)28/h5-10,13,19,23H,4,11-12,14-15H2,1-3H3,(H,29,35)(H,30,34)/t19-/m0/s1. The van der Waals surface area contributed by atoms with Gasteiger partial charge in [0.25, 0.3) is 15.9 Å². The quantitative estimate of drug-likeness (QED) is 0.335. The minimum atomic E-state index is -4.08. The van der Waals surface area contributed by atoms with Crippen molar-refractivity contribution in [3.63, 3.8) is 0 Å². The summed E-state index contributed by atoms with van der Waals surface area (Å²) >= 11 is 0. The van der Waals surface area contributed by atoms with E-state index in [2.05, 4.69) is 5.32 Å². The third-order valence-corrected chi connectivity index (χ3v) is 7.77. The Labute approximate surface area is 235 Å². The molecular formula is C25H30F3N5O7S. The second-order valence-electron chi connectivity index (χ2n) is 8.80. The number of cyclic esters (lactones) is 1.